The largest absolute Gasteiger partial charge is 0.492 e. The first-order valence-electron chi connectivity index (χ1n) is 6.50. The average molecular weight is 328 g/mol. The topological polar surface area (TPSA) is 59.6 Å². The van der Waals surface area contributed by atoms with Gasteiger partial charge in [0.2, 0.25) is 0 Å². The van der Waals surface area contributed by atoms with E-state index in [0.29, 0.717) is 25.0 Å². The first-order valence-corrected chi connectivity index (χ1v) is 7.29. The molecular weight excluding hydrogens is 306 g/mol. The minimum Gasteiger partial charge on any atom is -0.492 e. The van der Waals surface area contributed by atoms with Crippen molar-refractivity contribution in [2.75, 3.05) is 19.7 Å². The van der Waals surface area contributed by atoms with Crippen LogP contribution in [0.2, 0.25) is 0 Å². The Balaban J connectivity index is 2.14. The first kappa shape index (κ1) is 15.8. The maximum absolute atomic E-state index is 5.74. The lowest BCUT2D eigenvalue weighted by atomic mass is 10.1. The van der Waals surface area contributed by atoms with Gasteiger partial charge in [-0.2, -0.15) is 0 Å². The molecule has 0 spiro atoms. The molecule has 106 valence electrons. The molecule has 0 heterocycles. The summed E-state index contributed by atoms with van der Waals surface area (Å²) in [5, 5.41) is 3.03. The molecular formula is C14H22BrN3O. The fourth-order valence-electron chi connectivity index (χ4n) is 1.38. The fourth-order valence-corrected chi connectivity index (χ4v) is 1.64. The maximum atomic E-state index is 5.74. The highest BCUT2D eigenvalue weighted by Gasteiger charge is 1.96. The Morgan fingerprint density at radius 1 is 1.37 bits per heavy atom. The minimum absolute atomic E-state index is 0.486. The van der Waals surface area contributed by atoms with Crippen LogP contribution in [0.4, 0.5) is 0 Å². The number of halogens is 1. The van der Waals surface area contributed by atoms with Crippen molar-refractivity contribution in [2.24, 2.45) is 16.6 Å². The van der Waals surface area contributed by atoms with E-state index in [9.17, 15) is 0 Å². The highest BCUT2D eigenvalue weighted by atomic mass is 79.9. The lowest BCUT2D eigenvalue weighted by molar-refractivity contribution is 0.322. The number of hydrogen-bond donors (Lipinski definition) is 2. The molecule has 0 amide bonds. The summed E-state index contributed by atoms with van der Waals surface area (Å²) in [6, 6.07) is 7.74. The standard InChI is InChI=1S/C14H22BrN3O/c1-11(2)7-8-17-14(16)18-9-10-19-13-5-3-12(15)4-6-13/h3-6,11H,7-10H2,1-2H3,(H3,16,17,18). The van der Waals surface area contributed by atoms with E-state index in [1.54, 1.807) is 0 Å². The Morgan fingerprint density at radius 2 is 2.05 bits per heavy atom. The molecule has 0 unspecified atom stereocenters. The molecule has 3 N–H and O–H groups in total. The Hall–Kier alpha value is -1.23. The summed E-state index contributed by atoms with van der Waals surface area (Å²) in [6.07, 6.45) is 1.05. The normalized spacial score (nSPS) is 11.7. The summed E-state index contributed by atoms with van der Waals surface area (Å²) in [5.41, 5.74) is 5.74. The number of aliphatic imine (C=N–C) groups is 1. The average Bonchev–Trinajstić information content (AvgIpc) is 2.36. The number of nitrogens with two attached hydrogens (primary N) is 1. The number of ether oxygens (including phenoxy) is 1. The van der Waals surface area contributed by atoms with Crippen molar-refractivity contribution in [3.63, 3.8) is 0 Å². The summed E-state index contributed by atoms with van der Waals surface area (Å²) in [7, 11) is 0. The third-order valence-electron chi connectivity index (χ3n) is 2.48. The van der Waals surface area contributed by atoms with Crippen LogP contribution in [0.25, 0.3) is 0 Å². The fraction of sp³-hybridized carbons (Fsp3) is 0.500. The van der Waals surface area contributed by atoms with Gasteiger partial charge in [0.15, 0.2) is 5.96 Å². The van der Waals surface area contributed by atoms with Crippen molar-refractivity contribution >= 4 is 21.9 Å². The Labute approximate surface area is 123 Å². The summed E-state index contributed by atoms with van der Waals surface area (Å²) in [6.45, 7) is 6.32. The molecule has 4 nitrogen and oxygen atoms in total. The van der Waals surface area contributed by atoms with Crippen LogP contribution in [0.15, 0.2) is 33.7 Å². The number of nitrogens with zero attached hydrogens (tertiary/aromatic N) is 1. The zero-order chi connectivity index (χ0) is 14.1. The van der Waals surface area contributed by atoms with Gasteiger partial charge < -0.3 is 15.8 Å². The second-order valence-electron chi connectivity index (χ2n) is 4.68. The molecule has 5 heteroatoms. The molecule has 0 atom stereocenters. The zero-order valence-electron chi connectivity index (χ0n) is 11.5. The van der Waals surface area contributed by atoms with Gasteiger partial charge in [-0.15, -0.1) is 0 Å². The van der Waals surface area contributed by atoms with Gasteiger partial charge in [0.05, 0.1) is 6.54 Å². The van der Waals surface area contributed by atoms with Crippen LogP contribution in [0.1, 0.15) is 20.3 Å². The van der Waals surface area contributed by atoms with E-state index >= 15 is 0 Å². The van der Waals surface area contributed by atoms with E-state index in [2.05, 4.69) is 40.1 Å². The molecule has 19 heavy (non-hydrogen) atoms. The van der Waals surface area contributed by atoms with Gasteiger partial charge >= 0.3 is 0 Å². The van der Waals surface area contributed by atoms with E-state index < -0.39 is 0 Å². The molecule has 0 aliphatic carbocycles. The smallest absolute Gasteiger partial charge is 0.188 e. The number of benzene rings is 1. The number of hydrogen-bond acceptors (Lipinski definition) is 2. The van der Waals surface area contributed by atoms with E-state index in [1.165, 1.54) is 0 Å². The van der Waals surface area contributed by atoms with Gasteiger partial charge in [-0.05, 0) is 36.6 Å². The molecule has 1 rings (SSSR count). The molecule has 0 saturated carbocycles. The predicted octanol–water partition coefficient (Wildman–Crippen LogP) is 2.78. The van der Waals surface area contributed by atoms with E-state index in [-0.39, 0.29) is 0 Å². The lowest BCUT2D eigenvalue weighted by Gasteiger charge is -2.08. The minimum atomic E-state index is 0.486. The molecule has 0 saturated heterocycles. The SMILES string of the molecule is CC(C)CCN=C(N)NCCOc1ccc(Br)cc1. The number of guanidine groups is 1. The third-order valence-corrected chi connectivity index (χ3v) is 3.01. The van der Waals surface area contributed by atoms with E-state index in [4.69, 9.17) is 10.5 Å². The summed E-state index contributed by atoms with van der Waals surface area (Å²) >= 11 is 3.38. The Bertz CT molecular complexity index is 390. The van der Waals surface area contributed by atoms with Gasteiger partial charge in [0, 0.05) is 11.0 Å². The summed E-state index contributed by atoms with van der Waals surface area (Å²) in [4.78, 5) is 4.24. The van der Waals surface area contributed by atoms with Crippen LogP contribution in [0.3, 0.4) is 0 Å². The third kappa shape index (κ3) is 7.72. The second kappa shape index (κ2) is 8.80. The van der Waals surface area contributed by atoms with Crippen molar-refractivity contribution < 1.29 is 4.74 Å². The predicted molar refractivity (Wildman–Crippen MR) is 83.6 cm³/mol. The van der Waals surface area contributed by atoms with Crippen LogP contribution in [0.5, 0.6) is 5.75 Å². The van der Waals surface area contributed by atoms with Crippen LogP contribution < -0.4 is 15.8 Å². The highest BCUT2D eigenvalue weighted by molar-refractivity contribution is 9.10. The summed E-state index contributed by atoms with van der Waals surface area (Å²) < 4.78 is 6.60. The van der Waals surface area contributed by atoms with E-state index in [0.717, 1.165) is 23.2 Å². The molecule has 0 fully saturated rings. The van der Waals surface area contributed by atoms with Gasteiger partial charge in [0.1, 0.15) is 12.4 Å². The van der Waals surface area contributed by atoms with Gasteiger partial charge in [-0.3, -0.25) is 4.99 Å². The van der Waals surface area contributed by atoms with Crippen LogP contribution >= 0.6 is 15.9 Å². The number of nitrogens with one attached hydrogen (secondary N) is 1. The van der Waals surface area contributed by atoms with Crippen molar-refractivity contribution in [1.82, 2.24) is 5.32 Å². The molecule has 0 bridgehead atoms. The maximum Gasteiger partial charge on any atom is 0.188 e. The van der Waals surface area contributed by atoms with Crippen LogP contribution in [-0.2, 0) is 0 Å². The van der Waals surface area contributed by atoms with Crippen molar-refractivity contribution in [3.8, 4) is 5.75 Å². The first-order chi connectivity index (χ1) is 9.08. The van der Waals surface area contributed by atoms with Gasteiger partial charge in [-0.1, -0.05) is 29.8 Å². The zero-order valence-corrected chi connectivity index (χ0v) is 13.1. The Morgan fingerprint density at radius 3 is 2.68 bits per heavy atom. The van der Waals surface area contributed by atoms with Gasteiger partial charge in [0.25, 0.3) is 0 Å². The van der Waals surface area contributed by atoms with Crippen LogP contribution in [0, 0.1) is 5.92 Å². The molecule has 1 aromatic carbocycles. The van der Waals surface area contributed by atoms with Crippen molar-refractivity contribution in [2.45, 2.75) is 20.3 Å². The van der Waals surface area contributed by atoms with E-state index in [1.807, 2.05) is 24.3 Å². The molecule has 1 aromatic rings. The molecule has 0 aliphatic rings. The second-order valence-corrected chi connectivity index (χ2v) is 5.59. The van der Waals surface area contributed by atoms with Crippen molar-refractivity contribution in [3.05, 3.63) is 28.7 Å². The quantitative estimate of drug-likeness (QED) is 0.460. The monoisotopic (exact) mass is 327 g/mol. The highest BCUT2D eigenvalue weighted by Crippen LogP contribution is 2.15. The molecule has 0 aromatic heterocycles. The Kier molecular flexibility index (Phi) is 7.33. The van der Waals surface area contributed by atoms with Gasteiger partial charge in [-0.25, -0.2) is 0 Å². The molecule has 0 aliphatic heterocycles. The lowest BCUT2D eigenvalue weighted by Crippen LogP contribution is -2.34. The summed E-state index contributed by atoms with van der Waals surface area (Å²) in [5.74, 6) is 1.98. The van der Waals surface area contributed by atoms with Crippen LogP contribution in [-0.4, -0.2) is 25.7 Å². The number of rotatable bonds is 7. The molecule has 0 radical (unpaired) electrons. The van der Waals surface area contributed by atoms with Crippen molar-refractivity contribution in [1.29, 1.82) is 0 Å².